The molecular formula is C28H36N2O9. The Hall–Kier alpha value is -3.54. The van der Waals surface area contributed by atoms with Crippen molar-refractivity contribution in [1.82, 2.24) is 9.88 Å². The van der Waals surface area contributed by atoms with E-state index in [0.29, 0.717) is 5.92 Å². The van der Waals surface area contributed by atoms with Gasteiger partial charge in [0.15, 0.2) is 5.60 Å². The van der Waals surface area contributed by atoms with Gasteiger partial charge in [0.25, 0.3) is 0 Å². The second-order valence-electron chi connectivity index (χ2n) is 10.4. The van der Waals surface area contributed by atoms with Crippen LogP contribution in [-0.4, -0.2) is 79.1 Å². The minimum Gasteiger partial charge on any atom is -0.496 e. The van der Waals surface area contributed by atoms with Gasteiger partial charge in [-0.25, -0.2) is 4.79 Å². The number of benzene rings is 1. The van der Waals surface area contributed by atoms with Crippen molar-refractivity contribution in [3.8, 4) is 5.75 Å². The number of aliphatic hydroxyl groups is 2. The molecule has 11 heteroatoms. The number of carboxylic acids is 3. The molecule has 5 N–H and O–H groups in total. The number of carboxylic acid groups (broad SMARTS) is 3. The number of hydrogen-bond donors (Lipinski definition) is 5. The van der Waals surface area contributed by atoms with Gasteiger partial charge in [0.2, 0.25) is 0 Å². The highest BCUT2D eigenvalue weighted by molar-refractivity contribution is 5.88. The van der Waals surface area contributed by atoms with Gasteiger partial charge >= 0.3 is 17.9 Å². The van der Waals surface area contributed by atoms with Crippen LogP contribution >= 0.6 is 0 Å². The molecular weight excluding hydrogens is 508 g/mol. The molecule has 39 heavy (non-hydrogen) atoms. The quantitative estimate of drug-likeness (QED) is 0.312. The van der Waals surface area contributed by atoms with E-state index >= 15 is 0 Å². The van der Waals surface area contributed by atoms with Crippen LogP contribution in [0.5, 0.6) is 5.75 Å². The first-order valence-electron chi connectivity index (χ1n) is 12.7. The maximum Gasteiger partial charge on any atom is 0.336 e. The van der Waals surface area contributed by atoms with E-state index in [4.69, 9.17) is 25.2 Å². The minimum absolute atomic E-state index is 0.275. The zero-order valence-corrected chi connectivity index (χ0v) is 22.3. The number of pyridine rings is 1. The molecule has 11 nitrogen and oxygen atoms in total. The SMILES string of the molecule is COc1ccc(CN2C[C@@H]3CC[C@@](O)(c4ccccn4)[C@@H]3C2)c(C)c1C.O=C(O)CC(O)(CC(=O)O)C(=O)O. The fourth-order valence-electron chi connectivity index (χ4n) is 5.65. The Morgan fingerprint density at radius 1 is 1.05 bits per heavy atom. The number of ether oxygens (including phenoxy) is 1. The fourth-order valence-corrected chi connectivity index (χ4v) is 5.65. The lowest BCUT2D eigenvalue weighted by molar-refractivity contribution is -0.170. The fraction of sp³-hybridized carbons (Fsp3) is 0.500. The average molecular weight is 545 g/mol. The first-order chi connectivity index (χ1) is 18.3. The summed E-state index contributed by atoms with van der Waals surface area (Å²) in [5.74, 6) is -3.23. The average Bonchev–Trinajstić information content (AvgIpc) is 3.42. The lowest BCUT2D eigenvalue weighted by atomic mass is 9.85. The van der Waals surface area contributed by atoms with Gasteiger partial charge in [0, 0.05) is 31.7 Å². The number of aliphatic carboxylic acids is 3. The largest absolute Gasteiger partial charge is 0.496 e. The molecule has 0 radical (unpaired) electrons. The van der Waals surface area contributed by atoms with E-state index in [0.717, 1.165) is 43.9 Å². The van der Waals surface area contributed by atoms with Crippen LogP contribution in [0.25, 0.3) is 0 Å². The van der Waals surface area contributed by atoms with Crippen LogP contribution in [0.2, 0.25) is 0 Å². The maximum absolute atomic E-state index is 11.4. The topological polar surface area (TPSA) is 178 Å². The number of fused-ring (bicyclic) bond motifs is 1. The maximum atomic E-state index is 11.4. The van der Waals surface area contributed by atoms with E-state index in [1.807, 2.05) is 18.2 Å². The predicted octanol–water partition coefficient (Wildman–Crippen LogP) is 2.19. The number of hydrogen-bond acceptors (Lipinski definition) is 8. The summed E-state index contributed by atoms with van der Waals surface area (Å²) in [4.78, 5) is 37.4. The van der Waals surface area contributed by atoms with Crippen molar-refractivity contribution in [2.75, 3.05) is 20.2 Å². The zero-order valence-electron chi connectivity index (χ0n) is 22.3. The van der Waals surface area contributed by atoms with E-state index in [1.165, 1.54) is 16.7 Å². The summed E-state index contributed by atoms with van der Waals surface area (Å²) in [5, 5.41) is 45.2. The summed E-state index contributed by atoms with van der Waals surface area (Å²) in [5.41, 5.74) is 1.20. The molecule has 2 aromatic rings. The molecule has 1 aromatic carbocycles. The van der Waals surface area contributed by atoms with E-state index in [1.54, 1.807) is 13.3 Å². The molecule has 2 heterocycles. The van der Waals surface area contributed by atoms with E-state index in [2.05, 4.69) is 35.9 Å². The molecule has 2 aliphatic rings. The third-order valence-electron chi connectivity index (χ3n) is 7.88. The van der Waals surface area contributed by atoms with Crippen LogP contribution in [0, 0.1) is 25.7 Å². The van der Waals surface area contributed by atoms with Gasteiger partial charge in [-0.1, -0.05) is 12.1 Å². The minimum atomic E-state index is -2.74. The van der Waals surface area contributed by atoms with Crippen molar-refractivity contribution < 1.29 is 44.7 Å². The van der Waals surface area contributed by atoms with Gasteiger partial charge in [-0.3, -0.25) is 19.5 Å². The number of rotatable bonds is 9. The summed E-state index contributed by atoms with van der Waals surface area (Å²) in [6.07, 6.45) is 1.41. The van der Waals surface area contributed by atoms with Crippen LogP contribution in [0.3, 0.4) is 0 Å². The monoisotopic (exact) mass is 544 g/mol. The molecule has 0 bridgehead atoms. The Labute approximate surface area is 226 Å². The van der Waals surface area contributed by atoms with Gasteiger partial charge in [-0.15, -0.1) is 0 Å². The molecule has 2 fully saturated rings. The zero-order chi connectivity index (χ0) is 29.0. The second kappa shape index (κ2) is 12.1. The number of nitrogens with zero attached hydrogens (tertiary/aromatic N) is 2. The summed E-state index contributed by atoms with van der Waals surface area (Å²) in [7, 11) is 1.72. The van der Waals surface area contributed by atoms with Crippen molar-refractivity contribution in [3.05, 3.63) is 58.9 Å². The Morgan fingerprint density at radius 3 is 2.26 bits per heavy atom. The summed E-state index contributed by atoms with van der Waals surface area (Å²) in [6, 6.07) is 10.1. The number of aromatic nitrogens is 1. The standard InChI is InChI=1S/C22H28N2O2.C6H8O7/c1-15-16(2)20(26-3)8-7-17(15)12-24-13-18-9-10-22(25,19(18)14-24)21-6-4-5-11-23-21;7-3(8)1-6(13,5(11)12)2-4(9)10/h4-8,11,18-19,25H,9-10,12-14H2,1-3H3;13H,1-2H2,(H,7,8)(H,9,10)(H,11,12)/t18-,19+,22-;/m0./s1. The normalized spacial score (nSPS) is 22.5. The number of likely N-dealkylation sites (tertiary alicyclic amines) is 1. The Balaban J connectivity index is 0.000000276. The van der Waals surface area contributed by atoms with Crippen LogP contribution in [0.15, 0.2) is 36.5 Å². The molecule has 0 spiro atoms. The highest BCUT2D eigenvalue weighted by atomic mass is 16.5. The third-order valence-corrected chi connectivity index (χ3v) is 7.88. The van der Waals surface area contributed by atoms with E-state index in [9.17, 15) is 19.5 Å². The van der Waals surface area contributed by atoms with E-state index < -0.39 is 42.0 Å². The van der Waals surface area contributed by atoms with Crippen LogP contribution < -0.4 is 4.74 Å². The van der Waals surface area contributed by atoms with Gasteiger partial charge < -0.3 is 30.3 Å². The Bertz CT molecular complexity index is 1190. The lowest BCUT2D eigenvalue weighted by Crippen LogP contribution is -2.42. The molecule has 1 aliphatic heterocycles. The number of methoxy groups -OCH3 is 1. The van der Waals surface area contributed by atoms with Crippen molar-refractivity contribution in [3.63, 3.8) is 0 Å². The first kappa shape index (κ1) is 30.0. The van der Waals surface area contributed by atoms with E-state index in [-0.39, 0.29) is 5.92 Å². The Kier molecular flexibility index (Phi) is 9.31. The molecule has 0 amide bonds. The lowest BCUT2D eigenvalue weighted by Gasteiger charge is -2.30. The van der Waals surface area contributed by atoms with Gasteiger partial charge in [0.05, 0.1) is 25.6 Å². The highest BCUT2D eigenvalue weighted by Gasteiger charge is 2.53. The molecule has 0 unspecified atom stereocenters. The summed E-state index contributed by atoms with van der Waals surface area (Å²) >= 11 is 0. The van der Waals surface area contributed by atoms with Crippen molar-refractivity contribution >= 4 is 17.9 Å². The molecule has 1 aliphatic carbocycles. The summed E-state index contributed by atoms with van der Waals surface area (Å²) in [6.45, 7) is 7.22. The van der Waals surface area contributed by atoms with Crippen LogP contribution in [-0.2, 0) is 26.5 Å². The molecule has 1 saturated carbocycles. The van der Waals surface area contributed by atoms with Crippen LogP contribution in [0.1, 0.15) is 48.1 Å². The molecule has 4 rings (SSSR count). The van der Waals surface area contributed by atoms with Crippen LogP contribution in [0.4, 0.5) is 0 Å². The van der Waals surface area contributed by atoms with Gasteiger partial charge in [-0.05, 0) is 67.5 Å². The molecule has 212 valence electrons. The van der Waals surface area contributed by atoms with Crippen molar-refractivity contribution in [1.29, 1.82) is 0 Å². The first-order valence-corrected chi connectivity index (χ1v) is 12.7. The molecule has 1 saturated heterocycles. The predicted molar refractivity (Wildman–Crippen MR) is 139 cm³/mol. The molecule has 3 atom stereocenters. The second-order valence-corrected chi connectivity index (χ2v) is 10.4. The van der Waals surface area contributed by atoms with Gasteiger partial charge in [-0.2, -0.15) is 0 Å². The van der Waals surface area contributed by atoms with Gasteiger partial charge in [0.1, 0.15) is 11.4 Å². The smallest absolute Gasteiger partial charge is 0.336 e. The summed E-state index contributed by atoms with van der Waals surface area (Å²) < 4.78 is 5.43. The van der Waals surface area contributed by atoms with Crippen molar-refractivity contribution in [2.24, 2.45) is 11.8 Å². The molecule has 1 aromatic heterocycles. The van der Waals surface area contributed by atoms with Crippen molar-refractivity contribution in [2.45, 2.75) is 57.3 Å². The third kappa shape index (κ3) is 6.73. The highest BCUT2D eigenvalue weighted by Crippen LogP contribution is 2.50. The Morgan fingerprint density at radius 2 is 1.72 bits per heavy atom. The number of carbonyl (C=O) groups is 3.